The van der Waals surface area contributed by atoms with E-state index in [0.717, 1.165) is 31.6 Å². The normalized spacial score (nSPS) is 18.4. The molecule has 2 rings (SSSR count). The molecular weight excluding hydrogens is 289 g/mol. The molecule has 1 fully saturated rings. The van der Waals surface area contributed by atoms with E-state index >= 15 is 0 Å². The van der Waals surface area contributed by atoms with E-state index in [0.29, 0.717) is 6.04 Å². The Labute approximate surface area is 123 Å². The number of nitro benzene ring substituents is 1. The van der Waals surface area contributed by atoms with E-state index in [4.69, 9.17) is 11.6 Å². The Morgan fingerprint density at radius 1 is 1.58 bits per heavy atom. The molecule has 106 valence electrons. The van der Waals surface area contributed by atoms with Gasteiger partial charge in [-0.05, 0) is 31.6 Å². The van der Waals surface area contributed by atoms with Crippen LogP contribution in [0.5, 0.6) is 0 Å². The quantitative estimate of drug-likeness (QED) is 0.686. The zero-order valence-electron chi connectivity index (χ0n) is 10.6. The van der Waals surface area contributed by atoms with Gasteiger partial charge < -0.3 is 5.32 Å². The van der Waals surface area contributed by atoms with Gasteiger partial charge in [-0.2, -0.15) is 0 Å². The van der Waals surface area contributed by atoms with Crippen molar-refractivity contribution in [3.05, 3.63) is 38.9 Å². The molecule has 0 bridgehead atoms. The maximum atomic E-state index is 10.7. The SMILES string of the molecule is CN(Cc1ccc([N+](=O)[O-])c(Cl)c1)C1CCNC1.Cl. The summed E-state index contributed by atoms with van der Waals surface area (Å²) in [6.07, 6.45) is 1.14. The van der Waals surface area contributed by atoms with Crippen LogP contribution in [0.4, 0.5) is 5.69 Å². The van der Waals surface area contributed by atoms with Crippen molar-refractivity contribution in [2.45, 2.75) is 19.0 Å². The van der Waals surface area contributed by atoms with Crippen molar-refractivity contribution in [1.82, 2.24) is 10.2 Å². The Morgan fingerprint density at radius 2 is 2.32 bits per heavy atom. The second-order valence-corrected chi connectivity index (χ2v) is 5.01. The molecule has 0 aromatic heterocycles. The summed E-state index contributed by atoms with van der Waals surface area (Å²) in [6.45, 7) is 2.80. The molecule has 1 saturated heterocycles. The zero-order chi connectivity index (χ0) is 13.1. The van der Waals surface area contributed by atoms with Gasteiger partial charge in [-0.1, -0.05) is 17.7 Å². The molecule has 0 spiro atoms. The monoisotopic (exact) mass is 305 g/mol. The molecule has 7 heteroatoms. The molecule has 1 aromatic rings. The highest BCUT2D eigenvalue weighted by Gasteiger charge is 2.20. The molecule has 19 heavy (non-hydrogen) atoms. The van der Waals surface area contributed by atoms with Crippen LogP contribution in [0.25, 0.3) is 0 Å². The summed E-state index contributed by atoms with van der Waals surface area (Å²) in [5.74, 6) is 0. The average molecular weight is 306 g/mol. The van der Waals surface area contributed by atoms with Crippen molar-refractivity contribution in [1.29, 1.82) is 0 Å². The zero-order valence-corrected chi connectivity index (χ0v) is 12.2. The number of benzene rings is 1. The van der Waals surface area contributed by atoms with Gasteiger partial charge in [0.1, 0.15) is 5.02 Å². The van der Waals surface area contributed by atoms with E-state index in [2.05, 4.69) is 17.3 Å². The first-order valence-electron chi connectivity index (χ1n) is 5.91. The van der Waals surface area contributed by atoms with E-state index in [1.165, 1.54) is 6.07 Å². The van der Waals surface area contributed by atoms with Crippen LogP contribution in [-0.4, -0.2) is 36.0 Å². The molecule has 1 aliphatic rings. The highest BCUT2D eigenvalue weighted by molar-refractivity contribution is 6.32. The number of nitro groups is 1. The van der Waals surface area contributed by atoms with Gasteiger partial charge >= 0.3 is 0 Å². The molecule has 1 unspecified atom stereocenters. The highest BCUT2D eigenvalue weighted by Crippen LogP contribution is 2.25. The van der Waals surface area contributed by atoms with E-state index in [9.17, 15) is 10.1 Å². The van der Waals surface area contributed by atoms with Crippen molar-refractivity contribution in [2.24, 2.45) is 0 Å². The van der Waals surface area contributed by atoms with Gasteiger partial charge in [0.2, 0.25) is 0 Å². The number of nitrogens with one attached hydrogen (secondary N) is 1. The highest BCUT2D eigenvalue weighted by atomic mass is 35.5. The van der Waals surface area contributed by atoms with Gasteiger partial charge in [-0.25, -0.2) is 0 Å². The molecular formula is C12H17Cl2N3O2. The van der Waals surface area contributed by atoms with Gasteiger partial charge in [0.05, 0.1) is 4.92 Å². The van der Waals surface area contributed by atoms with Crippen molar-refractivity contribution >= 4 is 29.7 Å². The fourth-order valence-electron chi connectivity index (χ4n) is 2.23. The van der Waals surface area contributed by atoms with Gasteiger partial charge in [0, 0.05) is 25.2 Å². The molecule has 0 amide bonds. The number of nitrogens with zero attached hydrogens (tertiary/aromatic N) is 2. The van der Waals surface area contributed by atoms with Crippen LogP contribution in [0.3, 0.4) is 0 Å². The summed E-state index contributed by atoms with van der Waals surface area (Å²) < 4.78 is 0. The Hall–Kier alpha value is -0.880. The third-order valence-electron chi connectivity index (χ3n) is 3.30. The van der Waals surface area contributed by atoms with Gasteiger partial charge in [0.15, 0.2) is 0 Å². The number of rotatable bonds is 4. The van der Waals surface area contributed by atoms with Crippen LogP contribution in [-0.2, 0) is 6.54 Å². The minimum absolute atomic E-state index is 0. The number of likely N-dealkylation sites (N-methyl/N-ethyl adjacent to an activating group) is 1. The third kappa shape index (κ3) is 4.04. The van der Waals surface area contributed by atoms with Gasteiger partial charge in [0.25, 0.3) is 5.69 Å². The smallest absolute Gasteiger partial charge is 0.287 e. The minimum atomic E-state index is -0.462. The summed E-state index contributed by atoms with van der Waals surface area (Å²) in [5.41, 5.74) is 0.964. The number of hydrogen-bond donors (Lipinski definition) is 1. The third-order valence-corrected chi connectivity index (χ3v) is 3.60. The van der Waals surface area contributed by atoms with Crippen LogP contribution in [0.15, 0.2) is 18.2 Å². The fraction of sp³-hybridized carbons (Fsp3) is 0.500. The van der Waals surface area contributed by atoms with Crippen LogP contribution >= 0.6 is 24.0 Å². The minimum Gasteiger partial charge on any atom is -0.315 e. The molecule has 1 heterocycles. The lowest BCUT2D eigenvalue weighted by molar-refractivity contribution is -0.384. The average Bonchev–Trinajstić information content (AvgIpc) is 2.81. The van der Waals surface area contributed by atoms with Crippen molar-refractivity contribution in [3.63, 3.8) is 0 Å². The Kier molecular flexibility index (Phi) is 6.00. The molecule has 1 aliphatic heterocycles. The first-order chi connectivity index (χ1) is 8.58. The predicted molar refractivity (Wildman–Crippen MR) is 78.1 cm³/mol. The molecule has 0 aliphatic carbocycles. The maximum absolute atomic E-state index is 10.7. The topological polar surface area (TPSA) is 58.4 Å². The lowest BCUT2D eigenvalue weighted by Gasteiger charge is -2.23. The van der Waals surface area contributed by atoms with E-state index in [1.807, 2.05) is 0 Å². The second kappa shape index (κ2) is 7.05. The molecule has 1 atom stereocenters. The molecule has 1 aromatic carbocycles. The number of halogens is 2. The van der Waals surface area contributed by atoms with Gasteiger partial charge in [-0.3, -0.25) is 15.0 Å². The summed E-state index contributed by atoms with van der Waals surface area (Å²) in [6, 6.07) is 5.44. The Bertz CT molecular complexity index is 451. The van der Waals surface area contributed by atoms with Crippen molar-refractivity contribution < 1.29 is 4.92 Å². The van der Waals surface area contributed by atoms with Gasteiger partial charge in [-0.15, -0.1) is 12.4 Å². The first kappa shape index (κ1) is 16.2. The molecule has 5 nitrogen and oxygen atoms in total. The Morgan fingerprint density at radius 3 is 2.84 bits per heavy atom. The Balaban J connectivity index is 0.00000180. The van der Waals surface area contributed by atoms with Crippen LogP contribution in [0, 0.1) is 10.1 Å². The summed E-state index contributed by atoms with van der Waals surface area (Å²) >= 11 is 5.89. The summed E-state index contributed by atoms with van der Waals surface area (Å²) in [4.78, 5) is 12.5. The van der Waals surface area contributed by atoms with Crippen LogP contribution in [0.2, 0.25) is 5.02 Å². The maximum Gasteiger partial charge on any atom is 0.287 e. The molecule has 1 N–H and O–H groups in total. The van der Waals surface area contributed by atoms with Crippen LogP contribution in [0.1, 0.15) is 12.0 Å². The lowest BCUT2D eigenvalue weighted by Crippen LogP contribution is -2.32. The van der Waals surface area contributed by atoms with E-state index < -0.39 is 4.92 Å². The first-order valence-corrected chi connectivity index (χ1v) is 6.29. The lowest BCUT2D eigenvalue weighted by atomic mass is 10.1. The largest absolute Gasteiger partial charge is 0.315 e. The summed E-state index contributed by atoms with van der Waals surface area (Å²) in [5, 5.41) is 14.2. The second-order valence-electron chi connectivity index (χ2n) is 4.60. The van der Waals surface area contributed by atoms with E-state index in [1.54, 1.807) is 12.1 Å². The van der Waals surface area contributed by atoms with Crippen LogP contribution < -0.4 is 5.32 Å². The van der Waals surface area contributed by atoms with Crippen molar-refractivity contribution in [3.8, 4) is 0 Å². The molecule has 0 radical (unpaired) electrons. The number of hydrogen-bond acceptors (Lipinski definition) is 4. The summed E-state index contributed by atoms with van der Waals surface area (Å²) in [7, 11) is 2.06. The van der Waals surface area contributed by atoms with Crippen molar-refractivity contribution in [2.75, 3.05) is 20.1 Å². The predicted octanol–water partition coefficient (Wildman–Crippen LogP) is 2.46. The standard InChI is InChI=1S/C12H16ClN3O2.ClH/c1-15(10-4-5-14-7-10)8-9-2-3-12(16(17)18)11(13)6-9;/h2-3,6,10,14H,4-5,7-8H2,1H3;1H. The fourth-order valence-corrected chi connectivity index (χ4v) is 2.50. The van der Waals surface area contributed by atoms with E-state index in [-0.39, 0.29) is 23.1 Å². The molecule has 0 saturated carbocycles.